The third-order valence-electron chi connectivity index (χ3n) is 2.49. The minimum Gasteiger partial charge on any atom is -0.350 e. The maximum Gasteiger partial charge on any atom is 0.220 e. The molecule has 0 aliphatic carbocycles. The number of nitrogens with zero attached hydrogens (tertiary/aromatic N) is 2. The SMILES string of the molecule is Cc1csc(CNC(=O)CCc2ccncc2)n1. The number of thiazole rings is 1. The highest BCUT2D eigenvalue weighted by atomic mass is 32.1. The predicted octanol–water partition coefficient (Wildman–Crippen LogP) is 2.10. The van der Waals surface area contributed by atoms with Gasteiger partial charge in [-0.2, -0.15) is 0 Å². The molecule has 0 aromatic carbocycles. The van der Waals surface area contributed by atoms with Crippen LogP contribution in [0.4, 0.5) is 0 Å². The van der Waals surface area contributed by atoms with Crippen molar-refractivity contribution in [3.05, 3.63) is 46.2 Å². The first-order valence-corrected chi connectivity index (χ1v) is 6.68. The van der Waals surface area contributed by atoms with Gasteiger partial charge >= 0.3 is 0 Å². The summed E-state index contributed by atoms with van der Waals surface area (Å²) in [5.74, 6) is 0.0552. The molecule has 2 aromatic rings. The Bertz CT molecular complexity index is 510. The molecule has 4 nitrogen and oxygen atoms in total. The van der Waals surface area contributed by atoms with Crippen LogP contribution in [0.5, 0.6) is 0 Å². The van der Waals surface area contributed by atoms with Gasteiger partial charge in [-0.05, 0) is 31.0 Å². The quantitative estimate of drug-likeness (QED) is 0.896. The lowest BCUT2D eigenvalue weighted by atomic mass is 10.1. The number of pyridine rings is 1. The van der Waals surface area contributed by atoms with E-state index in [1.807, 2.05) is 24.4 Å². The van der Waals surface area contributed by atoms with Gasteiger partial charge < -0.3 is 5.32 Å². The van der Waals surface area contributed by atoms with Crippen LogP contribution in [0.2, 0.25) is 0 Å². The zero-order chi connectivity index (χ0) is 12.8. The molecular formula is C13H15N3OS. The van der Waals surface area contributed by atoms with Crippen LogP contribution < -0.4 is 5.32 Å². The van der Waals surface area contributed by atoms with Crippen molar-refractivity contribution in [2.75, 3.05) is 0 Å². The molecule has 0 saturated carbocycles. The van der Waals surface area contributed by atoms with Gasteiger partial charge in [0.2, 0.25) is 5.91 Å². The fraction of sp³-hybridized carbons (Fsp3) is 0.308. The number of aryl methyl sites for hydroxylation is 2. The third kappa shape index (κ3) is 3.92. The van der Waals surface area contributed by atoms with Crippen LogP contribution in [-0.2, 0) is 17.8 Å². The second-order valence-corrected chi connectivity index (χ2v) is 4.96. The van der Waals surface area contributed by atoms with Gasteiger partial charge in [-0.25, -0.2) is 4.98 Å². The van der Waals surface area contributed by atoms with Gasteiger partial charge in [-0.1, -0.05) is 0 Å². The number of aromatic nitrogens is 2. The monoisotopic (exact) mass is 261 g/mol. The molecule has 5 heteroatoms. The molecule has 1 amide bonds. The van der Waals surface area contributed by atoms with Gasteiger partial charge in [0, 0.05) is 29.9 Å². The van der Waals surface area contributed by atoms with E-state index in [-0.39, 0.29) is 5.91 Å². The van der Waals surface area contributed by atoms with Crippen molar-refractivity contribution in [2.24, 2.45) is 0 Å². The molecule has 0 radical (unpaired) electrons. The zero-order valence-corrected chi connectivity index (χ0v) is 11.0. The van der Waals surface area contributed by atoms with Gasteiger partial charge in [0.15, 0.2) is 0 Å². The number of amides is 1. The Balaban J connectivity index is 1.73. The average molecular weight is 261 g/mol. The second kappa shape index (κ2) is 6.26. The smallest absolute Gasteiger partial charge is 0.220 e. The minimum atomic E-state index is 0.0552. The van der Waals surface area contributed by atoms with E-state index in [1.165, 1.54) is 0 Å². The standard InChI is InChI=1S/C13H15N3OS/c1-10-9-18-13(16-10)8-15-12(17)3-2-11-4-6-14-7-5-11/h4-7,9H,2-3,8H2,1H3,(H,15,17). The molecule has 2 rings (SSSR count). The first-order chi connectivity index (χ1) is 8.74. The van der Waals surface area contributed by atoms with Crippen molar-refractivity contribution >= 4 is 17.2 Å². The number of carbonyl (C=O) groups is 1. The molecule has 0 bridgehead atoms. The predicted molar refractivity (Wildman–Crippen MR) is 71.3 cm³/mol. The van der Waals surface area contributed by atoms with Crippen LogP contribution in [0.15, 0.2) is 29.9 Å². The lowest BCUT2D eigenvalue weighted by Gasteiger charge is -2.03. The first-order valence-electron chi connectivity index (χ1n) is 5.80. The summed E-state index contributed by atoms with van der Waals surface area (Å²) in [4.78, 5) is 19.9. The number of hydrogen-bond donors (Lipinski definition) is 1. The molecule has 2 heterocycles. The summed E-state index contributed by atoms with van der Waals surface area (Å²) in [5.41, 5.74) is 2.13. The number of rotatable bonds is 5. The Labute approximate surface area is 110 Å². The van der Waals surface area contributed by atoms with E-state index < -0.39 is 0 Å². The average Bonchev–Trinajstić information content (AvgIpc) is 2.81. The molecule has 0 aliphatic heterocycles. The lowest BCUT2D eigenvalue weighted by molar-refractivity contribution is -0.121. The number of carbonyl (C=O) groups excluding carboxylic acids is 1. The highest BCUT2D eigenvalue weighted by Crippen LogP contribution is 2.08. The van der Waals surface area contributed by atoms with E-state index in [0.717, 1.165) is 22.7 Å². The highest BCUT2D eigenvalue weighted by Gasteiger charge is 2.04. The second-order valence-electron chi connectivity index (χ2n) is 4.01. The molecule has 0 aliphatic rings. The van der Waals surface area contributed by atoms with Crippen molar-refractivity contribution in [1.29, 1.82) is 0 Å². The Morgan fingerprint density at radius 2 is 2.17 bits per heavy atom. The third-order valence-corrected chi connectivity index (χ3v) is 3.46. The molecule has 0 saturated heterocycles. The van der Waals surface area contributed by atoms with Gasteiger partial charge in [-0.15, -0.1) is 11.3 Å². The van der Waals surface area contributed by atoms with Crippen LogP contribution in [0, 0.1) is 6.92 Å². The van der Waals surface area contributed by atoms with E-state index in [9.17, 15) is 4.79 Å². The lowest BCUT2D eigenvalue weighted by Crippen LogP contribution is -2.22. The van der Waals surface area contributed by atoms with Gasteiger partial charge in [-0.3, -0.25) is 9.78 Å². The Morgan fingerprint density at radius 3 is 2.83 bits per heavy atom. The van der Waals surface area contributed by atoms with Crippen molar-refractivity contribution in [3.8, 4) is 0 Å². The highest BCUT2D eigenvalue weighted by molar-refractivity contribution is 7.09. The summed E-state index contributed by atoms with van der Waals surface area (Å²) in [5, 5.41) is 5.81. The summed E-state index contributed by atoms with van der Waals surface area (Å²) < 4.78 is 0. The Kier molecular flexibility index (Phi) is 4.41. The Hall–Kier alpha value is -1.75. The summed E-state index contributed by atoms with van der Waals surface area (Å²) >= 11 is 1.57. The molecule has 2 aromatic heterocycles. The topological polar surface area (TPSA) is 54.9 Å². The van der Waals surface area contributed by atoms with E-state index in [4.69, 9.17) is 0 Å². The molecule has 0 fully saturated rings. The fourth-order valence-electron chi connectivity index (χ4n) is 1.55. The maximum absolute atomic E-state index is 11.6. The van der Waals surface area contributed by atoms with Crippen LogP contribution in [0.1, 0.15) is 22.7 Å². The van der Waals surface area contributed by atoms with E-state index in [2.05, 4.69) is 15.3 Å². The molecule has 18 heavy (non-hydrogen) atoms. The van der Waals surface area contributed by atoms with Crippen molar-refractivity contribution < 1.29 is 4.79 Å². The van der Waals surface area contributed by atoms with Crippen LogP contribution in [-0.4, -0.2) is 15.9 Å². The molecule has 0 atom stereocenters. The summed E-state index contributed by atoms with van der Waals surface area (Å²) in [7, 11) is 0. The molecule has 94 valence electrons. The molecular weight excluding hydrogens is 246 g/mol. The van der Waals surface area contributed by atoms with E-state index in [0.29, 0.717) is 13.0 Å². The van der Waals surface area contributed by atoms with Gasteiger partial charge in [0.1, 0.15) is 5.01 Å². The normalized spacial score (nSPS) is 10.3. The summed E-state index contributed by atoms with van der Waals surface area (Å²) in [6, 6.07) is 3.86. The van der Waals surface area contributed by atoms with Crippen molar-refractivity contribution in [2.45, 2.75) is 26.3 Å². The van der Waals surface area contributed by atoms with Crippen LogP contribution in [0.3, 0.4) is 0 Å². The van der Waals surface area contributed by atoms with Gasteiger partial charge in [0.05, 0.1) is 6.54 Å². The fourth-order valence-corrected chi connectivity index (χ4v) is 2.27. The number of hydrogen-bond acceptors (Lipinski definition) is 4. The zero-order valence-electron chi connectivity index (χ0n) is 10.2. The summed E-state index contributed by atoms with van der Waals surface area (Å²) in [6.07, 6.45) is 4.72. The van der Waals surface area contributed by atoms with Crippen molar-refractivity contribution in [3.63, 3.8) is 0 Å². The molecule has 0 spiro atoms. The van der Waals surface area contributed by atoms with Crippen LogP contribution in [0.25, 0.3) is 0 Å². The molecule has 0 unspecified atom stereocenters. The van der Waals surface area contributed by atoms with Crippen LogP contribution >= 0.6 is 11.3 Å². The van der Waals surface area contributed by atoms with Gasteiger partial charge in [0.25, 0.3) is 0 Å². The molecule has 1 N–H and O–H groups in total. The van der Waals surface area contributed by atoms with E-state index >= 15 is 0 Å². The van der Waals surface area contributed by atoms with Crippen molar-refractivity contribution in [1.82, 2.24) is 15.3 Å². The minimum absolute atomic E-state index is 0.0552. The number of nitrogens with one attached hydrogen (secondary N) is 1. The Morgan fingerprint density at radius 1 is 1.39 bits per heavy atom. The summed E-state index contributed by atoms with van der Waals surface area (Å²) in [6.45, 7) is 2.47. The van der Waals surface area contributed by atoms with E-state index in [1.54, 1.807) is 23.7 Å². The largest absolute Gasteiger partial charge is 0.350 e. The maximum atomic E-state index is 11.6. The first kappa shape index (κ1) is 12.7.